The van der Waals surface area contributed by atoms with Crippen molar-refractivity contribution in [1.82, 2.24) is 0 Å². The van der Waals surface area contributed by atoms with E-state index in [-0.39, 0.29) is 6.61 Å². The molecule has 1 fully saturated rings. The Bertz CT molecular complexity index is 710. The van der Waals surface area contributed by atoms with Crippen LogP contribution in [0, 0.1) is 0 Å². The van der Waals surface area contributed by atoms with Crippen molar-refractivity contribution in [1.29, 1.82) is 0 Å². The fourth-order valence-electron chi connectivity index (χ4n) is 3.29. The number of rotatable bonds is 4. The number of hydrogen-bond acceptors (Lipinski definition) is 6. The molecular formula is C19H20O6. The van der Waals surface area contributed by atoms with Crippen LogP contribution in [0.2, 0.25) is 0 Å². The van der Waals surface area contributed by atoms with Crippen LogP contribution < -0.4 is 0 Å². The highest BCUT2D eigenvalue weighted by Crippen LogP contribution is 2.49. The lowest BCUT2D eigenvalue weighted by Crippen LogP contribution is -2.48. The van der Waals surface area contributed by atoms with Crippen LogP contribution in [0.15, 0.2) is 54.6 Å². The molecule has 3 rings (SSSR count). The van der Waals surface area contributed by atoms with Gasteiger partial charge in [-0.3, -0.25) is 9.59 Å². The summed E-state index contributed by atoms with van der Waals surface area (Å²) in [6.07, 6.45) is 0.982. The number of esters is 2. The summed E-state index contributed by atoms with van der Waals surface area (Å²) in [7, 11) is 0. The molecule has 0 aromatic heterocycles. The first-order valence-corrected chi connectivity index (χ1v) is 8.02. The highest BCUT2D eigenvalue weighted by Gasteiger charge is 2.63. The summed E-state index contributed by atoms with van der Waals surface area (Å²) in [5.41, 5.74) is 1.44. The Morgan fingerprint density at radius 2 is 1.88 bits per heavy atom. The van der Waals surface area contributed by atoms with Gasteiger partial charge in [0.15, 0.2) is 12.2 Å². The van der Waals surface area contributed by atoms with E-state index in [9.17, 15) is 9.59 Å². The van der Waals surface area contributed by atoms with Crippen LogP contribution in [0.1, 0.15) is 25.5 Å². The largest absolute Gasteiger partial charge is 0.455 e. The zero-order valence-electron chi connectivity index (χ0n) is 14.1. The lowest BCUT2D eigenvalue weighted by molar-refractivity contribution is -0.225. The molecule has 0 N–H and O–H groups in total. The average molecular weight is 344 g/mol. The van der Waals surface area contributed by atoms with Gasteiger partial charge in [-0.25, -0.2) is 0 Å². The Kier molecular flexibility index (Phi) is 4.74. The van der Waals surface area contributed by atoms with E-state index in [2.05, 4.69) is 6.58 Å². The molecule has 1 spiro atoms. The summed E-state index contributed by atoms with van der Waals surface area (Å²) in [6, 6.07) is 9.30. The number of carbonyl (C=O) groups excluding carboxylic acids is 2. The molecule has 2 aliphatic heterocycles. The molecular weight excluding hydrogens is 324 g/mol. The van der Waals surface area contributed by atoms with Crippen LogP contribution in [0.4, 0.5) is 0 Å². The topological polar surface area (TPSA) is 71.1 Å². The van der Waals surface area contributed by atoms with Crippen molar-refractivity contribution in [3.8, 4) is 0 Å². The first kappa shape index (κ1) is 17.4. The van der Waals surface area contributed by atoms with Crippen molar-refractivity contribution in [2.24, 2.45) is 0 Å². The third-order valence-electron chi connectivity index (χ3n) is 4.22. The summed E-state index contributed by atoms with van der Waals surface area (Å²) >= 11 is 0. The average Bonchev–Trinajstić information content (AvgIpc) is 3.11. The molecule has 6 heteroatoms. The van der Waals surface area contributed by atoms with Gasteiger partial charge >= 0.3 is 11.9 Å². The fraction of sp³-hybridized carbons (Fsp3) is 0.368. The van der Waals surface area contributed by atoms with Crippen LogP contribution >= 0.6 is 0 Å². The van der Waals surface area contributed by atoms with Crippen molar-refractivity contribution in [2.75, 3.05) is 6.61 Å². The number of carbonyl (C=O) groups is 2. The normalized spacial score (nSPS) is 30.8. The maximum absolute atomic E-state index is 11.7. The summed E-state index contributed by atoms with van der Waals surface area (Å²) in [4.78, 5) is 23.4. The maximum Gasteiger partial charge on any atom is 0.303 e. The first-order valence-electron chi connectivity index (χ1n) is 8.02. The summed E-state index contributed by atoms with van der Waals surface area (Å²) in [6.45, 7) is 6.66. The van der Waals surface area contributed by atoms with Crippen molar-refractivity contribution in [3.05, 3.63) is 60.2 Å². The van der Waals surface area contributed by atoms with Crippen LogP contribution in [-0.2, 0) is 28.5 Å². The molecule has 2 heterocycles. The Balaban J connectivity index is 2.07. The van der Waals surface area contributed by atoms with E-state index in [1.165, 1.54) is 13.8 Å². The lowest BCUT2D eigenvalue weighted by Gasteiger charge is -2.31. The predicted octanol–water partition coefficient (Wildman–Crippen LogP) is 2.46. The van der Waals surface area contributed by atoms with Crippen molar-refractivity contribution >= 4 is 11.9 Å². The van der Waals surface area contributed by atoms with E-state index < -0.39 is 36.0 Å². The quantitative estimate of drug-likeness (QED) is 0.782. The summed E-state index contributed by atoms with van der Waals surface area (Å²) < 4.78 is 23.0. The second-order valence-corrected chi connectivity index (χ2v) is 5.90. The molecule has 0 aliphatic carbocycles. The highest BCUT2D eigenvalue weighted by atomic mass is 16.8. The van der Waals surface area contributed by atoms with Gasteiger partial charge < -0.3 is 18.9 Å². The Hall–Kier alpha value is -2.44. The molecule has 25 heavy (non-hydrogen) atoms. The predicted molar refractivity (Wildman–Crippen MR) is 88.3 cm³/mol. The van der Waals surface area contributed by atoms with Crippen LogP contribution in [0.25, 0.3) is 0 Å². The molecule has 0 saturated carbocycles. The van der Waals surface area contributed by atoms with Crippen molar-refractivity contribution in [3.63, 3.8) is 0 Å². The fourth-order valence-corrected chi connectivity index (χ4v) is 3.29. The molecule has 0 amide bonds. The number of ether oxygens (including phenoxy) is 4. The molecule has 6 nitrogen and oxygen atoms in total. The van der Waals surface area contributed by atoms with Gasteiger partial charge in [-0.1, -0.05) is 49.1 Å². The highest BCUT2D eigenvalue weighted by molar-refractivity contribution is 5.68. The van der Waals surface area contributed by atoms with Gasteiger partial charge in [0.05, 0.1) is 6.61 Å². The molecule has 4 atom stereocenters. The van der Waals surface area contributed by atoms with E-state index in [0.29, 0.717) is 5.57 Å². The zero-order valence-corrected chi connectivity index (χ0v) is 14.1. The van der Waals surface area contributed by atoms with Crippen LogP contribution in [-0.4, -0.2) is 36.5 Å². The molecule has 0 radical (unpaired) electrons. The summed E-state index contributed by atoms with van der Waals surface area (Å²) in [5, 5.41) is 0. The maximum atomic E-state index is 11.7. The Labute approximate surface area is 146 Å². The SMILES string of the molecule is C=CC1=CCOC12O[C@@H](c1ccccc1)[C@H](OC(C)=O)[C@@H]2OC(C)=O. The third kappa shape index (κ3) is 3.10. The lowest BCUT2D eigenvalue weighted by atomic mass is 9.96. The molecule has 132 valence electrons. The summed E-state index contributed by atoms with van der Waals surface area (Å²) in [5.74, 6) is -2.35. The molecule has 1 aromatic rings. The van der Waals surface area contributed by atoms with E-state index >= 15 is 0 Å². The minimum Gasteiger partial charge on any atom is -0.455 e. The van der Waals surface area contributed by atoms with Gasteiger partial charge in [-0.2, -0.15) is 0 Å². The number of benzene rings is 1. The van der Waals surface area contributed by atoms with Crippen molar-refractivity contribution in [2.45, 2.75) is 37.9 Å². The van der Waals surface area contributed by atoms with E-state index in [4.69, 9.17) is 18.9 Å². The smallest absolute Gasteiger partial charge is 0.303 e. The molecule has 1 aromatic carbocycles. The molecule has 1 unspecified atom stereocenters. The second kappa shape index (κ2) is 6.82. The Morgan fingerprint density at radius 3 is 2.48 bits per heavy atom. The van der Waals surface area contributed by atoms with E-state index in [1.807, 2.05) is 36.4 Å². The van der Waals surface area contributed by atoms with Crippen molar-refractivity contribution < 1.29 is 28.5 Å². The van der Waals surface area contributed by atoms with Gasteiger partial charge in [0, 0.05) is 19.4 Å². The van der Waals surface area contributed by atoms with E-state index in [0.717, 1.165) is 5.56 Å². The van der Waals surface area contributed by atoms with Crippen LogP contribution in [0.3, 0.4) is 0 Å². The van der Waals surface area contributed by atoms with E-state index in [1.54, 1.807) is 6.08 Å². The third-order valence-corrected chi connectivity index (χ3v) is 4.22. The Morgan fingerprint density at radius 1 is 1.20 bits per heavy atom. The van der Waals surface area contributed by atoms with Gasteiger partial charge in [-0.15, -0.1) is 0 Å². The second-order valence-electron chi connectivity index (χ2n) is 5.90. The standard InChI is InChI=1S/C19H20O6/c1-4-15-10-11-22-19(15)18(24-13(3)21)17(23-12(2)20)16(25-19)14-8-6-5-7-9-14/h4-10,16-18H,1,11H2,2-3H3/t16-,17-,18-,19?/m0/s1. The minimum atomic E-state index is -1.34. The zero-order chi connectivity index (χ0) is 18.0. The monoisotopic (exact) mass is 344 g/mol. The van der Waals surface area contributed by atoms with Crippen LogP contribution in [0.5, 0.6) is 0 Å². The van der Waals surface area contributed by atoms with Gasteiger partial charge in [0.1, 0.15) is 6.10 Å². The van der Waals surface area contributed by atoms with Gasteiger partial charge in [0.2, 0.25) is 5.79 Å². The first-order chi connectivity index (χ1) is 12.0. The minimum absolute atomic E-state index is 0.285. The molecule has 2 aliphatic rings. The molecule has 0 bridgehead atoms. The number of hydrogen-bond donors (Lipinski definition) is 0. The van der Waals surface area contributed by atoms with Gasteiger partial charge in [0.25, 0.3) is 0 Å². The molecule has 1 saturated heterocycles. The van der Waals surface area contributed by atoms with Gasteiger partial charge in [-0.05, 0) is 5.56 Å².